The van der Waals surface area contributed by atoms with Gasteiger partial charge in [0.1, 0.15) is 5.82 Å². The van der Waals surface area contributed by atoms with E-state index < -0.39 is 5.82 Å². The molecule has 4 heteroatoms. The largest absolute Gasteiger partial charge is 0.305 e. The van der Waals surface area contributed by atoms with E-state index in [9.17, 15) is 9.18 Å². The minimum Gasteiger partial charge on any atom is -0.305 e. The van der Waals surface area contributed by atoms with Crippen molar-refractivity contribution >= 4 is 5.78 Å². The molecule has 1 unspecified atom stereocenters. The number of nitrogens with zero attached hydrogens (tertiary/aromatic N) is 2. The fourth-order valence-electron chi connectivity index (χ4n) is 2.82. The van der Waals surface area contributed by atoms with Gasteiger partial charge in [-0.15, -0.1) is 0 Å². The van der Waals surface area contributed by atoms with E-state index in [0.29, 0.717) is 19.0 Å². The highest BCUT2D eigenvalue weighted by Crippen LogP contribution is 2.13. The van der Waals surface area contributed by atoms with Gasteiger partial charge < -0.3 is 4.90 Å². The maximum Gasteiger partial charge on any atom is 0.167 e. The van der Waals surface area contributed by atoms with Gasteiger partial charge in [-0.1, -0.05) is 12.1 Å². The fraction of sp³-hybridized carbons (Fsp3) is 0.562. The Labute approximate surface area is 120 Å². The van der Waals surface area contributed by atoms with Gasteiger partial charge in [-0.25, -0.2) is 4.39 Å². The predicted molar refractivity (Wildman–Crippen MR) is 78.5 cm³/mol. The summed E-state index contributed by atoms with van der Waals surface area (Å²) in [5.74, 6) is -0.519. The van der Waals surface area contributed by atoms with Crippen molar-refractivity contribution in [2.24, 2.45) is 0 Å². The molecule has 0 N–H and O–H groups in total. The molecule has 0 aliphatic carbocycles. The average Bonchev–Trinajstić information content (AvgIpc) is 2.57. The summed E-state index contributed by atoms with van der Waals surface area (Å²) in [5.41, 5.74) is 0.215. The normalized spacial score (nSPS) is 21.6. The van der Waals surface area contributed by atoms with Crippen molar-refractivity contribution in [1.29, 1.82) is 0 Å². The highest BCUT2D eigenvalue weighted by Gasteiger charge is 2.20. The highest BCUT2D eigenvalue weighted by atomic mass is 19.1. The summed E-state index contributed by atoms with van der Waals surface area (Å²) >= 11 is 0. The Hall–Kier alpha value is -1.26. The molecular weight excluding hydrogens is 255 g/mol. The number of hydrogen-bond acceptors (Lipinski definition) is 3. The average molecular weight is 278 g/mol. The van der Waals surface area contributed by atoms with E-state index >= 15 is 0 Å². The van der Waals surface area contributed by atoms with Crippen LogP contribution < -0.4 is 0 Å². The van der Waals surface area contributed by atoms with Gasteiger partial charge in [0.15, 0.2) is 5.78 Å². The van der Waals surface area contributed by atoms with Crippen molar-refractivity contribution in [2.75, 3.05) is 33.2 Å². The van der Waals surface area contributed by atoms with Crippen molar-refractivity contribution in [2.45, 2.75) is 25.8 Å². The zero-order valence-electron chi connectivity index (χ0n) is 12.3. The monoisotopic (exact) mass is 278 g/mol. The van der Waals surface area contributed by atoms with Crippen LogP contribution in [0.3, 0.4) is 0 Å². The molecule has 2 rings (SSSR count). The summed E-state index contributed by atoms with van der Waals surface area (Å²) in [6, 6.07) is 6.67. The molecule has 0 bridgehead atoms. The maximum absolute atomic E-state index is 13.6. The minimum atomic E-state index is -0.416. The molecule has 1 saturated heterocycles. The Morgan fingerprint density at radius 2 is 2.10 bits per heavy atom. The number of carbonyl (C=O) groups is 1. The third kappa shape index (κ3) is 3.87. The van der Waals surface area contributed by atoms with E-state index in [4.69, 9.17) is 0 Å². The molecule has 1 aromatic carbocycles. The Morgan fingerprint density at radius 3 is 2.85 bits per heavy atom. The number of likely N-dealkylation sites (N-methyl/N-ethyl adjacent to an activating group) is 1. The first-order chi connectivity index (χ1) is 9.58. The lowest BCUT2D eigenvalue weighted by Gasteiger charge is -2.27. The van der Waals surface area contributed by atoms with Crippen LogP contribution in [0.25, 0.3) is 0 Å². The van der Waals surface area contributed by atoms with Gasteiger partial charge in [-0.2, -0.15) is 0 Å². The van der Waals surface area contributed by atoms with Gasteiger partial charge in [0.2, 0.25) is 0 Å². The summed E-state index contributed by atoms with van der Waals surface area (Å²) in [6.45, 7) is 6.03. The summed E-state index contributed by atoms with van der Waals surface area (Å²) in [4.78, 5) is 16.7. The second kappa shape index (κ2) is 6.95. The van der Waals surface area contributed by atoms with E-state index in [1.54, 1.807) is 18.2 Å². The van der Waals surface area contributed by atoms with E-state index in [-0.39, 0.29) is 11.3 Å². The lowest BCUT2D eigenvalue weighted by molar-refractivity contribution is 0.0949. The SMILES string of the molecule is CC1CN(C)CCCN1CCC(=O)c1ccccc1F. The quantitative estimate of drug-likeness (QED) is 0.790. The summed E-state index contributed by atoms with van der Waals surface area (Å²) in [5, 5.41) is 0. The predicted octanol–water partition coefficient (Wildman–Crippen LogP) is 2.42. The number of carbonyl (C=O) groups excluding carboxylic acids is 1. The van der Waals surface area contributed by atoms with E-state index in [2.05, 4.69) is 23.8 Å². The molecule has 1 atom stereocenters. The van der Waals surface area contributed by atoms with Gasteiger partial charge in [0.25, 0.3) is 0 Å². The van der Waals surface area contributed by atoms with Crippen LogP contribution in [0.15, 0.2) is 24.3 Å². The zero-order chi connectivity index (χ0) is 14.5. The molecule has 20 heavy (non-hydrogen) atoms. The zero-order valence-corrected chi connectivity index (χ0v) is 12.3. The molecule has 0 spiro atoms. The second-order valence-electron chi connectivity index (χ2n) is 5.65. The number of benzene rings is 1. The van der Waals surface area contributed by atoms with E-state index in [1.165, 1.54) is 6.07 Å². The molecular formula is C16H23FN2O. The van der Waals surface area contributed by atoms with Crippen LogP contribution in [0.5, 0.6) is 0 Å². The van der Waals surface area contributed by atoms with Crippen molar-refractivity contribution in [1.82, 2.24) is 9.80 Å². The van der Waals surface area contributed by atoms with Crippen molar-refractivity contribution in [3.05, 3.63) is 35.6 Å². The van der Waals surface area contributed by atoms with E-state index in [1.807, 2.05) is 0 Å². The summed E-state index contributed by atoms with van der Waals surface area (Å²) in [7, 11) is 2.13. The maximum atomic E-state index is 13.6. The van der Waals surface area contributed by atoms with Crippen molar-refractivity contribution < 1.29 is 9.18 Å². The lowest BCUT2D eigenvalue weighted by atomic mass is 10.1. The third-order valence-electron chi connectivity index (χ3n) is 3.98. The number of rotatable bonds is 4. The van der Waals surface area contributed by atoms with Crippen molar-refractivity contribution in [3.63, 3.8) is 0 Å². The standard InChI is InChI=1S/C16H23FN2O/c1-13-12-18(2)9-5-10-19(13)11-8-16(20)14-6-3-4-7-15(14)17/h3-4,6-7,13H,5,8-12H2,1-2H3. The molecule has 0 aromatic heterocycles. The van der Waals surface area contributed by atoms with Gasteiger partial charge >= 0.3 is 0 Å². The molecule has 3 nitrogen and oxygen atoms in total. The third-order valence-corrected chi connectivity index (χ3v) is 3.98. The van der Waals surface area contributed by atoms with Gasteiger partial charge in [0.05, 0.1) is 5.56 Å². The van der Waals surface area contributed by atoms with Crippen LogP contribution in [-0.4, -0.2) is 54.9 Å². The molecule has 1 aliphatic heterocycles. The number of ketones is 1. The Balaban J connectivity index is 1.91. The van der Waals surface area contributed by atoms with E-state index in [0.717, 1.165) is 26.1 Å². The lowest BCUT2D eigenvalue weighted by Crippen LogP contribution is -2.39. The van der Waals surface area contributed by atoms with Crippen LogP contribution in [-0.2, 0) is 0 Å². The first-order valence-corrected chi connectivity index (χ1v) is 7.28. The Bertz CT molecular complexity index is 464. The first-order valence-electron chi connectivity index (χ1n) is 7.28. The van der Waals surface area contributed by atoms with Crippen LogP contribution in [0, 0.1) is 5.82 Å². The number of hydrogen-bond donors (Lipinski definition) is 0. The second-order valence-corrected chi connectivity index (χ2v) is 5.65. The Kier molecular flexibility index (Phi) is 5.26. The molecule has 0 saturated carbocycles. The molecule has 0 radical (unpaired) electrons. The molecule has 1 fully saturated rings. The van der Waals surface area contributed by atoms with Crippen LogP contribution in [0.4, 0.5) is 4.39 Å². The first kappa shape index (κ1) is 15.1. The fourth-order valence-corrected chi connectivity index (χ4v) is 2.82. The van der Waals surface area contributed by atoms with Gasteiger partial charge in [-0.3, -0.25) is 9.69 Å². The van der Waals surface area contributed by atoms with Crippen LogP contribution in [0.2, 0.25) is 0 Å². The summed E-state index contributed by atoms with van der Waals surface area (Å²) < 4.78 is 13.6. The van der Waals surface area contributed by atoms with Crippen LogP contribution in [0.1, 0.15) is 30.1 Å². The van der Waals surface area contributed by atoms with Crippen LogP contribution >= 0.6 is 0 Å². The topological polar surface area (TPSA) is 23.6 Å². The molecule has 1 heterocycles. The summed E-state index contributed by atoms with van der Waals surface area (Å²) in [6.07, 6.45) is 1.50. The molecule has 110 valence electrons. The number of Topliss-reactive ketones (excluding diaryl/α,β-unsaturated/α-hetero) is 1. The van der Waals surface area contributed by atoms with Gasteiger partial charge in [-0.05, 0) is 45.6 Å². The minimum absolute atomic E-state index is 0.104. The molecule has 1 aliphatic rings. The smallest absolute Gasteiger partial charge is 0.167 e. The molecule has 1 aromatic rings. The Morgan fingerprint density at radius 1 is 1.35 bits per heavy atom. The van der Waals surface area contributed by atoms with Crippen molar-refractivity contribution in [3.8, 4) is 0 Å². The molecule has 0 amide bonds. The number of halogens is 1. The van der Waals surface area contributed by atoms with Gasteiger partial charge in [0, 0.05) is 25.6 Å². The highest BCUT2D eigenvalue weighted by molar-refractivity contribution is 5.96.